The van der Waals surface area contributed by atoms with Crippen molar-refractivity contribution in [2.24, 2.45) is 5.92 Å². The summed E-state index contributed by atoms with van der Waals surface area (Å²) in [7, 11) is 0. The topological polar surface area (TPSA) is 71.3 Å². The van der Waals surface area contributed by atoms with E-state index in [1.54, 1.807) is 6.26 Å². The molecule has 1 unspecified atom stereocenters. The molecule has 6 nitrogen and oxygen atoms in total. The van der Waals surface area contributed by atoms with Crippen LogP contribution in [0.15, 0.2) is 22.8 Å². The molecule has 2 aliphatic rings. The Bertz CT molecular complexity index is 788. The number of fused-ring (bicyclic) bond motifs is 1. The van der Waals surface area contributed by atoms with Gasteiger partial charge in [-0.1, -0.05) is 0 Å². The van der Waals surface area contributed by atoms with Crippen LogP contribution in [0.25, 0.3) is 0 Å². The molecule has 1 atom stereocenters. The van der Waals surface area contributed by atoms with Gasteiger partial charge < -0.3 is 9.73 Å². The van der Waals surface area contributed by atoms with Crippen molar-refractivity contribution >= 4 is 5.91 Å². The molecule has 144 valence electrons. The Morgan fingerprint density at radius 1 is 1.33 bits per heavy atom. The molecule has 0 saturated carbocycles. The van der Waals surface area contributed by atoms with Gasteiger partial charge in [-0.2, -0.15) is 0 Å². The van der Waals surface area contributed by atoms with Crippen LogP contribution in [0.2, 0.25) is 0 Å². The number of carbonyl (C=O) groups is 1. The van der Waals surface area contributed by atoms with E-state index in [-0.39, 0.29) is 11.8 Å². The first-order chi connectivity index (χ1) is 13.2. The molecule has 0 spiro atoms. The van der Waals surface area contributed by atoms with E-state index in [2.05, 4.69) is 22.1 Å². The zero-order chi connectivity index (χ0) is 18.6. The summed E-state index contributed by atoms with van der Waals surface area (Å²) in [6, 6.07) is 3.90. The van der Waals surface area contributed by atoms with Gasteiger partial charge in [-0.15, -0.1) is 0 Å². The number of aromatic nitrogens is 2. The zero-order valence-electron chi connectivity index (χ0n) is 16.0. The van der Waals surface area contributed by atoms with Crippen LogP contribution >= 0.6 is 0 Å². The molecular weight excluding hydrogens is 340 g/mol. The monoisotopic (exact) mass is 368 g/mol. The molecule has 1 fully saturated rings. The summed E-state index contributed by atoms with van der Waals surface area (Å²) < 4.78 is 5.43. The van der Waals surface area contributed by atoms with E-state index >= 15 is 0 Å². The number of rotatable bonds is 6. The fourth-order valence-corrected chi connectivity index (χ4v) is 4.27. The second-order valence-electron chi connectivity index (χ2n) is 7.70. The third kappa shape index (κ3) is 4.38. The standard InChI is InChI=1S/C21H28N4O2/c1-15-18-7-2-8-19(18)24-20(23-15)9-10-22-21(26)16-5-3-11-25(13-16)14-17-6-4-12-27-17/h4,6,12,16H,2-3,5,7-11,13-14H2,1H3,(H,22,26). The van der Waals surface area contributed by atoms with E-state index in [9.17, 15) is 4.79 Å². The van der Waals surface area contributed by atoms with Gasteiger partial charge in [0.2, 0.25) is 5.91 Å². The van der Waals surface area contributed by atoms with Crippen LogP contribution in [0, 0.1) is 12.8 Å². The summed E-state index contributed by atoms with van der Waals surface area (Å²) >= 11 is 0. The number of carbonyl (C=O) groups excluding carboxylic acids is 1. The van der Waals surface area contributed by atoms with Crippen LogP contribution in [-0.4, -0.2) is 40.4 Å². The quantitative estimate of drug-likeness (QED) is 0.848. The average Bonchev–Trinajstić information content (AvgIpc) is 3.34. The third-order valence-electron chi connectivity index (χ3n) is 5.67. The summed E-state index contributed by atoms with van der Waals surface area (Å²) in [5.41, 5.74) is 3.66. The fourth-order valence-electron chi connectivity index (χ4n) is 4.27. The summed E-state index contributed by atoms with van der Waals surface area (Å²) in [5, 5.41) is 3.10. The highest BCUT2D eigenvalue weighted by Gasteiger charge is 2.26. The van der Waals surface area contributed by atoms with Crippen molar-refractivity contribution in [1.82, 2.24) is 20.2 Å². The van der Waals surface area contributed by atoms with E-state index in [1.807, 2.05) is 12.1 Å². The fraction of sp³-hybridized carbons (Fsp3) is 0.571. The Kier molecular flexibility index (Phi) is 5.53. The van der Waals surface area contributed by atoms with Crippen LogP contribution in [0.3, 0.4) is 0 Å². The highest BCUT2D eigenvalue weighted by atomic mass is 16.3. The van der Waals surface area contributed by atoms with Gasteiger partial charge in [0.25, 0.3) is 0 Å². The molecule has 1 aliphatic carbocycles. The summed E-state index contributed by atoms with van der Waals surface area (Å²) in [6.07, 6.45) is 7.75. The Morgan fingerprint density at radius 2 is 2.26 bits per heavy atom. The number of amides is 1. The number of nitrogens with one attached hydrogen (secondary N) is 1. The maximum absolute atomic E-state index is 12.6. The Labute approximate surface area is 160 Å². The lowest BCUT2D eigenvalue weighted by Crippen LogP contribution is -2.43. The zero-order valence-corrected chi connectivity index (χ0v) is 16.0. The molecule has 3 heterocycles. The van der Waals surface area contributed by atoms with Crippen molar-refractivity contribution in [3.05, 3.63) is 46.9 Å². The first-order valence-corrected chi connectivity index (χ1v) is 10.1. The summed E-state index contributed by atoms with van der Waals surface area (Å²) in [6.45, 7) is 5.27. The van der Waals surface area contributed by atoms with Crippen molar-refractivity contribution in [3.8, 4) is 0 Å². The Balaban J connectivity index is 1.26. The number of aryl methyl sites for hydroxylation is 2. The Morgan fingerprint density at radius 3 is 3.11 bits per heavy atom. The molecule has 0 aromatic carbocycles. The van der Waals surface area contributed by atoms with Crippen LogP contribution in [-0.2, 0) is 30.6 Å². The largest absolute Gasteiger partial charge is 0.468 e. The molecule has 6 heteroatoms. The van der Waals surface area contributed by atoms with Crippen LogP contribution in [0.4, 0.5) is 0 Å². The summed E-state index contributed by atoms with van der Waals surface area (Å²) in [5.74, 6) is 2.02. The molecule has 2 aromatic rings. The average molecular weight is 368 g/mol. The van der Waals surface area contributed by atoms with Gasteiger partial charge in [0.05, 0.1) is 18.7 Å². The van der Waals surface area contributed by atoms with E-state index in [0.29, 0.717) is 13.0 Å². The Hall–Kier alpha value is -2.21. The van der Waals surface area contributed by atoms with Gasteiger partial charge in [-0.3, -0.25) is 9.69 Å². The lowest BCUT2D eigenvalue weighted by atomic mass is 9.97. The second-order valence-corrected chi connectivity index (χ2v) is 7.70. The predicted molar refractivity (Wildman–Crippen MR) is 102 cm³/mol. The number of hydrogen-bond donors (Lipinski definition) is 1. The van der Waals surface area contributed by atoms with Gasteiger partial charge in [0.15, 0.2) is 0 Å². The maximum atomic E-state index is 12.6. The number of hydrogen-bond acceptors (Lipinski definition) is 5. The van der Waals surface area contributed by atoms with Gasteiger partial charge >= 0.3 is 0 Å². The molecule has 27 heavy (non-hydrogen) atoms. The molecular formula is C21H28N4O2. The normalized spacial score (nSPS) is 19.8. The highest BCUT2D eigenvalue weighted by molar-refractivity contribution is 5.78. The van der Waals surface area contributed by atoms with Gasteiger partial charge in [0, 0.05) is 30.9 Å². The minimum absolute atomic E-state index is 0.0522. The van der Waals surface area contributed by atoms with E-state index in [1.165, 1.54) is 17.7 Å². The van der Waals surface area contributed by atoms with Crippen molar-refractivity contribution in [2.45, 2.75) is 52.0 Å². The molecule has 0 radical (unpaired) electrons. The van der Waals surface area contributed by atoms with E-state index < -0.39 is 0 Å². The van der Waals surface area contributed by atoms with Crippen LogP contribution < -0.4 is 5.32 Å². The van der Waals surface area contributed by atoms with Crippen LogP contribution in [0.5, 0.6) is 0 Å². The van der Waals surface area contributed by atoms with Gasteiger partial charge in [-0.05, 0) is 63.3 Å². The first-order valence-electron chi connectivity index (χ1n) is 10.1. The smallest absolute Gasteiger partial charge is 0.224 e. The minimum Gasteiger partial charge on any atom is -0.468 e. The van der Waals surface area contributed by atoms with Crippen molar-refractivity contribution < 1.29 is 9.21 Å². The molecule has 1 amide bonds. The minimum atomic E-state index is 0.0522. The number of furan rings is 1. The highest BCUT2D eigenvalue weighted by Crippen LogP contribution is 2.22. The molecule has 0 bridgehead atoms. The third-order valence-corrected chi connectivity index (χ3v) is 5.67. The lowest BCUT2D eigenvalue weighted by molar-refractivity contribution is -0.126. The SMILES string of the molecule is Cc1nc(CCNC(=O)C2CCCN(Cc3ccco3)C2)nc2c1CCC2. The van der Waals surface area contributed by atoms with E-state index in [0.717, 1.165) is 62.6 Å². The molecule has 4 rings (SSSR count). The van der Waals surface area contributed by atoms with Crippen molar-refractivity contribution in [2.75, 3.05) is 19.6 Å². The number of likely N-dealkylation sites (tertiary alicyclic amines) is 1. The van der Waals surface area contributed by atoms with Gasteiger partial charge in [0.1, 0.15) is 11.6 Å². The second kappa shape index (κ2) is 8.21. The summed E-state index contributed by atoms with van der Waals surface area (Å²) in [4.78, 5) is 24.2. The molecule has 2 aromatic heterocycles. The molecule has 1 aliphatic heterocycles. The van der Waals surface area contributed by atoms with Crippen molar-refractivity contribution in [1.29, 1.82) is 0 Å². The van der Waals surface area contributed by atoms with Crippen molar-refractivity contribution in [3.63, 3.8) is 0 Å². The number of nitrogens with zero attached hydrogens (tertiary/aromatic N) is 3. The molecule has 1 N–H and O–H groups in total. The van der Waals surface area contributed by atoms with Gasteiger partial charge in [-0.25, -0.2) is 9.97 Å². The van der Waals surface area contributed by atoms with E-state index in [4.69, 9.17) is 9.40 Å². The first kappa shape index (κ1) is 18.2. The van der Waals surface area contributed by atoms with Crippen LogP contribution in [0.1, 0.15) is 47.8 Å². The number of piperidine rings is 1. The predicted octanol–water partition coefficient (Wildman–Crippen LogP) is 2.44. The molecule has 1 saturated heterocycles. The lowest BCUT2D eigenvalue weighted by Gasteiger charge is -2.31. The maximum Gasteiger partial charge on any atom is 0.224 e.